The summed E-state index contributed by atoms with van der Waals surface area (Å²) in [5, 5.41) is 24.9. The fourth-order valence-corrected chi connectivity index (χ4v) is 3.95. The number of aliphatic hydroxyl groups is 2. The highest BCUT2D eigenvalue weighted by Crippen LogP contribution is 2.34. The summed E-state index contributed by atoms with van der Waals surface area (Å²) in [5.74, 6) is -0.481. The molecule has 1 aliphatic heterocycles. The van der Waals surface area contributed by atoms with Gasteiger partial charge < -0.3 is 15.1 Å². The van der Waals surface area contributed by atoms with E-state index in [0.29, 0.717) is 24.9 Å². The number of aromatic nitrogens is 2. The highest BCUT2D eigenvalue weighted by atomic mass is 19.1. The molecule has 1 saturated heterocycles. The van der Waals surface area contributed by atoms with E-state index < -0.39 is 11.5 Å². The number of halogens is 1. The van der Waals surface area contributed by atoms with E-state index in [1.165, 1.54) is 12.1 Å². The topological polar surface area (TPSA) is 78.1 Å². The van der Waals surface area contributed by atoms with Gasteiger partial charge in [0.25, 0.3) is 5.91 Å². The van der Waals surface area contributed by atoms with E-state index in [2.05, 4.69) is 5.10 Å². The molecule has 1 fully saturated rings. The van der Waals surface area contributed by atoms with Crippen LogP contribution in [0.15, 0.2) is 54.9 Å². The van der Waals surface area contributed by atoms with Crippen LogP contribution in [0.4, 0.5) is 4.39 Å². The molecule has 3 aromatic rings. The number of benzene rings is 1. The monoisotopic (exact) mass is 383 g/mol. The number of nitrogens with zero attached hydrogens (tertiary/aromatic N) is 3. The summed E-state index contributed by atoms with van der Waals surface area (Å²) in [4.78, 5) is 14.7. The van der Waals surface area contributed by atoms with Gasteiger partial charge >= 0.3 is 0 Å². The Labute approximate surface area is 161 Å². The molecule has 0 bridgehead atoms. The molecule has 2 atom stereocenters. The number of carbonyl (C=O) groups is 1. The van der Waals surface area contributed by atoms with Crippen LogP contribution in [0.1, 0.15) is 22.3 Å². The van der Waals surface area contributed by atoms with Crippen LogP contribution in [0.5, 0.6) is 0 Å². The van der Waals surface area contributed by atoms with Gasteiger partial charge in [-0.1, -0.05) is 12.1 Å². The SMILES string of the molecule is O=C(c1ccn2nccc2c1)N1CC[C@H](O)[C@@](CO)(Cc2ccc(F)cc2)C1. The van der Waals surface area contributed by atoms with Crippen molar-refractivity contribution in [3.8, 4) is 0 Å². The number of aliphatic hydroxyl groups excluding tert-OH is 2. The average molecular weight is 383 g/mol. The van der Waals surface area contributed by atoms with Crippen LogP contribution in [0.25, 0.3) is 5.52 Å². The lowest BCUT2D eigenvalue weighted by Crippen LogP contribution is -2.56. The summed E-state index contributed by atoms with van der Waals surface area (Å²) >= 11 is 0. The van der Waals surface area contributed by atoms with Gasteiger partial charge in [0.1, 0.15) is 5.82 Å². The van der Waals surface area contributed by atoms with Gasteiger partial charge in [-0.3, -0.25) is 4.79 Å². The Balaban J connectivity index is 1.58. The Morgan fingerprint density at radius 2 is 2.04 bits per heavy atom. The molecule has 0 aliphatic carbocycles. The zero-order valence-electron chi connectivity index (χ0n) is 15.3. The van der Waals surface area contributed by atoms with E-state index in [-0.39, 0.29) is 24.9 Å². The van der Waals surface area contributed by atoms with Gasteiger partial charge in [-0.15, -0.1) is 0 Å². The minimum Gasteiger partial charge on any atom is -0.396 e. The molecule has 0 radical (unpaired) electrons. The van der Waals surface area contributed by atoms with Crippen molar-refractivity contribution in [1.29, 1.82) is 0 Å². The van der Waals surface area contributed by atoms with E-state index in [1.807, 2.05) is 6.07 Å². The lowest BCUT2D eigenvalue weighted by molar-refractivity contribution is -0.0668. The molecule has 4 rings (SSSR count). The third-order valence-electron chi connectivity index (χ3n) is 5.60. The second-order valence-electron chi connectivity index (χ2n) is 7.47. The van der Waals surface area contributed by atoms with E-state index in [4.69, 9.17) is 0 Å². The molecule has 2 N–H and O–H groups in total. The maximum atomic E-state index is 13.2. The van der Waals surface area contributed by atoms with Gasteiger partial charge in [0.15, 0.2) is 0 Å². The first-order valence-electron chi connectivity index (χ1n) is 9.27. The van der Waals surface area contributed by atoms with Gasteiger partial charge in [-0.25, -0.2) is 8.91 Å². The number of fused-ring (bicyclic) bond motifs is 1. The van der Waals surface area contributed by atoms with E-state index in [9.17, 15) is 19.4 Å². The van der Waals surface area contributed by atoms with Crippen LogP contribution in [0.3, 0.4) is 0 Å². The molecule has 3 heterocycles. The van der Waals surface area contributed by atoms with Crippen molar-refractivity contribution in [2.75, 3.05) is 19.7 Å². The van der Waals surface area contributed by atoms with Gasteiger partial charge in [0.2, 0.25) is 0 Å². The molecule has 6 nitrogen and oxygen atoms in total. The second kappa shape index (κ2) is 7.33. The molecule has 0 spiro atoms. The fourth-order valence-electron chi connectivity index (χ4n) is 3.95. The quantitative estimate of drug-likeness (QED) is 0.721. The maximum absolute atomic E-state index is 13.2. The van der Waals surface area contributed by atoms with Gasteiger partial charge in [0, 0.05) is 36.5 Å². The maximum Gasteiger partial charge on any atom is 0.254 e. The molecule has 0 saturated carbocycles. The number of piperidine rings is 1. The van der Waals surface area contributed by atoms with E-state index >= 15 is 0 Å². The Kier molecular flexibility index (Phi) is 4.87. The molecule has 1 aromatic carbocycles. The van der Waals surface area contributed by atoms with Gasteiger partial charge in [-0.05, 0) is 48.7 Å². The smallest absolute Gasteiger partial charge is 0.254 e. The fraction of sp³-hybridized carbons (Fsp3) is 0.333. The largest absolute Gasteiger partial charge is 0.396 e. The standard InChI is InChI=1S/C21H22FN3O3/c22-17-3-1-15(2-4-17)12-21(14-26)13-24(9-7-19(21)27)20(28)16-6-10-25-18(11-16)5-8-23-25/h1-6,8,10-11,19,26-27H,7,9,12-14H2/t19-,21-/m0/s1. The lowest BCUT2D eigenvalue weighted by Gasteiger charge is -2.45. The van der Waals surface area contributed by atoms with Crippen molar-refractivity contribution >= 4 is 11.4 Å². The van der Waals surface area contributed by atoms with Crippen LogP contribution in [-0.2, 0) is 6.42 Å². The summed E-state index contributed by atoms with van der Waals surface area (Å²) in [6.07, 6.45) is 3.39. The Morgan fingerprint density at radius 1 is 1.25 bits per heavy atom. The van der Waals surface area contributed by atoms with Crippen molar-refractivity contribution in [2.24, 2.45) is 5.41 Å². The summed E-state index contributed by atoms with van der Waals surface area (Å²) in [5.41, 5.74) is 1.29. The predicted octanol–water partition coefficient (Wildman–Crippen LogP) is 1.90. The summed E-state index contributed by atoms with van der Waals surface area (Å²) in [7, 11) is 0. The van der Waals surface area contributed by atoms with Crippen LogP contribution < -0.4 is 0 Å². The second-order valence-corrected chi connectivity index (χ2v) is 7.47. The van der Waals surface area contributed by atoms with Crippen molar-refractivity contribution < 1.29 is 19.4 Å². The Hall–Kier alpha value is -2.77. The highest BCUT2D eigenvalue weighted by molar-refractivity contribution is 5.95. The molecule has 7 heteroatoms. The highest BCUT2D eigenvalue weighted by Gasteiger charge is 2.43. The molecule has 2 aromatic heterocycles. The summed E-state index contributed by atoms with van der Waals surface area (Å²) in [6.45, 7) is 0.373. The number of amides is 1. The Bertz CT molecular complexity index is 988. The van der Waals surface area contributed by atoms with Crippen molar-refractivity contribution in [1.82, 2.24) is 14.5 Å². The number of hydrogen-bond donors (Lipinski definition) is 2. The van der Waals surface area contributed by atoms with Crippen molar-refractivity contribution in [2.45, 2.75) is 18.9 Å². The first kappa shape index (κ1) is 18.6. The predicted molar refractivity (Wildman–Crippen MR) is 101 cm³/mol. The van der Waals surface area contributed by atoms with Crippen LogP contribution in [0.2, 0.25) is 0 Å². The van der Waals surface area contributed by atoms with E-state index in [1.54, 1.807) is 46.1 Å². The minimum absolute atomic E-state index is 0.146. The van der Waals surface area contributed by atoms with Crippen LogP contribution >= 0.6 is 0 Å². The number of likely N-dealkylation sites (tertiary alicyclic amines) is 1. The molecule has 1 amide bonds. The molecule has 146 valence electrons. The van der Waals surface area contributed by atoms with Gasteiger partial charge in [0.05, 0.1) is 18.2 Å². The average Bonchev–Trinajstić information content (AvgIpc) is 3.18. The van der Waals surface area contributed by atoms with E-state index in [0.717, 1.165) is 11.1 Å². The first-order chi connectivity index (χ1) is 13.5. The van der Waals surface area contributed by atoms with Gasteiger partial charge in [-0.2, -0.15) is 5.10 Å². The number of pyridine rings is 1. The third kappa shape index (κ3) is 3.39. The summed E-state index contributed by atoms with van der Waals surface area (Å²) < 4.78 is 14.9. The molecule has 0 unspecified atom stereocenters. The zero-order valence-corrected chi connectivity index (χ0v) is 15.3. The zero-order chi connectivity index (χ0) is 19.7. The normalized spacial score (nSPS) is 22.5. The first-order valence-corrected chi connectivity index (χ1v) is 9.27. The number of hydrogen-bond acceptors (Lipinski definition) is 4. The summed E-state index contributed by atoms with van der Waals surface area (Å²) in [6, 6.07) is 11.3. The molecule has 1 aliphatic rings. The lowest BCUT2D eigenvalue weighted by atomic mass is 9.73. The van der Waals surface area contributed by atoms with Crippen molar-refractivity contribution in [3.05, 3.63) is 71.8 Å². The third-order valence-corrected chi connectivity index (χ3v) is 5.60. The molecular formula is C21H22FN3O3. The van der Waals surface area contributed by atoms with Crippen molar-refractivity contribution in [3.63, 3.8) is 0 Å². The minimum atomic E-state index is -0.882. The van der Waals surface area contributed by atoms with Crippen LogP contribution in [0, 0.1) is 11.2 Å². The Morgan fingerprint density at radius 3 is 2.79 bits per heavy atom. The number of rotatable bonds is 4. The molecular weight excluding hydrogens is 361 g/mol. The molecule has 28 heavy (non-hydrogen) atoms. The van der Waals surface area contributed by atoms with Crippen LogP contribution in [-0.4, -0.2) is 56.4 Å². The number of carbonyl (C=O) groups excluding carboxylic acids is 1.